The third-order valence-corrected chi connectivity index (χ3v) is 3.32. The van der Waals surface area contributed by atoms with Crippen LogP contribution in [-0.4, -0.2) is 22.7 Å². The molecule has 22 heavy (non-hydrogen) atoms. The first kappa shape index (κ1) is 14.3. The smallest absolute Gasteiger partial charge is 0.315 e. The van der Waals surface area contributed by atoms with Gasteiger partial charge in [0.05, 0.1) is 6.54 Å². The number of amides is 2. The van der Waals surface area contributed by atoms with Gasteiger partial charge in [-0.2, -0.15) is 4.98 Å². The fourth-order valence-electron chi connectivity index (χ4n) is 1.98. The second-order valence-corrected chi connectivity index (χ2v) is 5.20. The molecule has 0 saturated heterocycles. The average molecular weight is 298 g/mol. The van der Waals surface area contributed by atoms with Gasteiger partial charge >= 0.3 is 6.03 Å². The van der Waals surface area contributed by atoms with E-state index in [0.29, 0.717) is 18.4 Å². The molecule has 6 heteroatoms. The molecule has 114 valence electrons. The Hall–Kier alpha value is -2.63. The van der Waals surface area contributed by atoms with Crippen molar-refractivity contribution in [2.45, 2.75) is 25.3 Å². The van der Waals surface area contributed by atoms with Crippen LogP contribution in [0, 0.1) is 0 Å². The van der Waals surface area contributed by atoms with Crippen molar-refractivity contribution >= 4 is 12.1 Å². The highest BCUT2D eigenvalue weighted by Gasteiger charge is 2.28. The monoisotopic (exact) mass is 298 g/mol. The molecule has 1 aliphatic rings. The van der Waals surface area contributed by atoms with E-state index in [0.717, 1.165) is 24.2 Å². The molecule has 2 aromatic rings. The summed E-state index contributed by atoms with van der Waals surface area (Å²) in [6, 6.07) is 9.66. The van der Waals surface area contributed by atoms with E-state index in [9.17, 15) is 4.79 Å². The zero-order valence-corrected chi connectivity index (χ0v) is 12.2. The Bertz CT molecular complexity index is 647. The molecular weight excluding hydrogens is 280 g/mol. The number of nitrogens with zero attached hydrogens (tertiary/aromatic N) is 2. The number of benzene rings is 1. The standard InChI is InChI=1S/C16H18N4O2/c21-16(17-10-4-7-12-5-2-1-3-6-12)18-11-14-19-15(20-22-14)13-8-9-13/h1-7,13H,8-11H2,(H2,17,18,21)/b7-4+. The molecular formula is C16H18N4O2. The summed E-state index contributed by atoms with van der Waals surface area (Å²) in [4.78, 5) is 15.9. The van der Waals surface area contributed by atoms with Gasteiger partial charge in [0.25, 0.3) is 0 Å². The van der Waals surface area contributed by atoms with E-state index in [2.05, 4.69) is 20.8 Å². The predicted molar refractivity (Wildman–Crippen MR) is 82.0 cm³/mol. The van der Waals surface area contributed by atoms with E-state index >= 15 is 0 Å². The van der Waals surface area contributed by atoms with E-state index in [-0.39, 0.29) is 12.6 Å². The van der Waals surface area contributed by atoms with Crippen LogP contribution in [0.4, 0.5) is 4.79 Å². The summed E-state index contributed by atoms with van der Waals surface area (Å²) in [7, 11) is 0. The molecule has 0 bridgehead atoms. The van der Waals surface area contributed by atoms with Crippen LogP contribution in [0.15, 0.2) is 40.9 Å². The summed E-state index contributed by atoms with van der Waals surface area (Å²) >= 11 is 0. The van der Waals surface area contributed by atoms with Gasteiger partial charge in [0.1, 0.15) is 0 Å². The number of hydrogen-bond acceptors (Lipinski definition) is 4. The Balaban J connectivity index is 1.36. The maximum absolute atomic E-state index is 11.6. The highest BCUT2D eigenvalue weighted by atomic mass is 16.5. The molecule has 2 amide bonds. The number of nitrogens with one attached hydrogen (secondary N) is 2. The van der Waals surface area contributed by atoms with Crippen LogP contribution in [0.25, 0.3) is 6.08 Å². The molecule has 1 aliphatic carbocycles. The molecule has 1 heterocycles. The summed E-state index contributed by atoms with van der Waals surface area (Å²) in [5, 5.41) is 9.32. The van der Waals surface area contributed by atoms with Gasteiger partial charge in [0, 0.05) is 12.5 Å². The van der Waals surface area contributed by atoms with E-state index in [1.54, 1.807) is 0 Å². The van der Waals surface area contributed by atoms with Gasteiger partial charge in [0.2, 0.25) is 5.89 Å². The minimum absolute atomic E-state index is 0.244. The molecule has 2 N–H and O–H groups in total. The number of carbonyl (C=O) groups excluding carboxylic acids is 1. The third-order valence-electron chi connectivity index (χ3n) is 3.32. The van der Waals surface area contributed by atoms with Crippen LogP contribution in [0.3, 0.4) is 0 Å². The molecule has 0 spiro atoms. The van der Waals surface area contributed by atoms with Crippen molar-refractivity contribution in [3.05, 3.63) is 53.7 Å². The molecule has 3 rings (SSSR count). The van der Waals surface area contributed by atoms with Crippen LogP contribution in [0.2, 0.25) is 0 Å². The number of rotatable bonds is 6. The number of carbonyl (C=O) groups is 1. The van der Waals surface area contributed by atoms with E-state index in [1.165, 1.54) is 0 Å². The molecule has 0 radical (unpaired) electrons. The van der Waals surface area contributed by atoms with Crippen molar-refractivity contribution in [3.63, 3.8) is 0 Å². The molecule has 1 aromatic heterocycles. The lowest BCUT2D eigenvalue weighted by molar-refractivity contribution is 0.239. The van der Waals surface area contributed by atoms with Crippen LogP contribution in [0.5, 0.6) is 0 Å². The van der Waals surface area contributed by atoms with Crippen LogP contribution >= 0.6 is 0 Å². The lowest BCUT2D eigenvalue weighted by atomic mass is 10.2. The molecule has 6 nitrogen and oxygen atoms in total. The second-order valence-electron chi connectivity index (χ2n) is 5.20. The largest absolute Gasteiger partial charge is 0.337 e. The SMILES string of the molecule is O=C(NC/C=C/c1ccccc1)NCc1nc(C2CC2)no1. The van der Waals surface area contributed by atoms with E-state index < -0.39 is 0 Å². The van der Waals surface area contributed by atoms with Crippen LogP contribution in [0.1, 0.15) is 36.0 Å². The highest BCUT2D eigenvalue weighted by molar-refractivity contribution is 5.74. The van der Waals surface area contributed by atoms with Crippen molar-refractivity contribution in [2.75, 3.05) is 6.54 Å². The predicted octanol–water partition coefficient (Wildman–Crippen LogP) is 2.46. The first-order valence-electron chi connectivity index (χ1n) is 7.37. The van der Waals surface area contributed by atoms with Gasteiger partial charge in [-0.25, -0.2) is 4.79 Å². The first-order valence-corrected chi connectivity index (χ1v) is 7.37. The van der Waals surface area contributed by atoms with Gasteiger partial charge in [-0.15, -0.1) is 0 Å². The Kier molecular flexibility index (Phi) is 4.48. The summed E-state index contributed by atoms with van der Waals surface area (Å²) in [6.45, 7) is 0.700. The van der Waals surface area contributed by atoms with E-state index in [1.807, 2.05) is 42.5 Å². The zero-order chi connectivity index (χ0) is 15.2. The summed E-state index contributed by atoms with van der Waals surface area (Å²) in [6.07, 6.45) is 6.11. The molecule has 1 fully saturated rings. The Morgan fingerprint density at radius 2 is 2.09 bits per heavy atom. The fraction of sp³-hybridized carbons (Fsp3) is 0.312. The topological polar surface area (TPSA) is 80.0 Å². The minimum atomic E-state index is -0.260. The Morgan fingerprint density at radius 3 is 2.86 bits per heavy atom. The van der Waals surface area contributed by atoms with Crippen molar-refractivity contribution < 1.29 is 9.32 Å². The maximum atomic E-state index is 11.6. The number of aromatic nitrogens is 2. The van der Waals surface area contributed by atoms with Crippen molar-refractivity contribution in [3.8, 4) is 0 Å². The van der Waals surface area contributed by atoms with E-state index in [4.69, 9.17) is 4.52 Å². The van der Waals surface area contributed by atoms with Crippen LogP contribution in [-0.2, 0) is 6.54 Å². The third kappa shape index (κ3) is 4.18. The zero-order valence-electron chi connectivity index (χ0n) is 12.2. The fourth-order valence-corrected chi connectivity index (χ4v) is 1.98. The normalized spacial score (nSPS) is 14.2. The summed E-state index contributed by atoms with van der Waals surface area (Å²) in [5.74, 6) is 1.65. The molecule has 0 unspecified atom stereocenters. The van der Waals surface area contributed by atoms with Crippen molar-refractivity contribution in [1.29, 1.82) is 0 Å². The van der Waals surface area contributed by atoms with Gasteiger partial charge in [-0.05, 0) is 18.4 Å². The maximum Gasteiger partial charge on any atom is 0.315 e. The van der Waals surface area contributed by atoms with Gasteiger partial charge < -0.3 is 15.2 Å². The lowest BCUT2D eigenvalue weighted by Crippen LogP contribution is -2.35. The molecule has 1 saturated carbocycles. The van der Waals surface area contributed by atoms with Gasteiger partial charge in [0.15, 0.2) is 5.82 Å². The quantitative estimate of drug-likeness (QED) is 0.858. The van der Waals surface area contributed by atoms with Crippen LogP contribution < -0.4 is 10.6 Å². The Morgan fingerprint density at radius 1 is 1.27 bits per heavy atom. The number of urea groups is 1. The summed E-state index contributed by atoms with van der Waals surface area (Å²) < 4.78 is 5.08. The van der Waals surface area contributed by atoms with Gasteiger partial charge in [-0.3, -0.25) is 0 Å². The molecule has 0 aliphatic heterocycles. The van der Waals surface area contributed by atoms with Crippen molar-refractivity contribution in [1.82, 2.24) is 20.8 Å². The second kappa shape index (κ2) is 6.89. The van der Waals surface area contributed by atoms with Crippen molar-refractivity contribution in [2.24, 2.45) is 0 Å². The molecule has 1 aromatic carbocycles. The highest BCUT2D eigenvalue weighted by Crippen LogP contribution is 2.37. The number of hydrogen-bond donors (Lipinski definition) is 2. The van der Waals surface area contributed by atoms with Gasteiger partial charge in [-0.1, -0.05) is 47.6 Å². The molecule has 0 atom stereocenters. The average Bonchev–Trinajstić information content (AvgIpc) is 3.29. The first-order chi connectivity index (χ1) is 10.8. The lowest BCUT2D eigenvalue weighted by Gasteiger charge is -2.02. The minimum Gasteiger partial charge on any atom is -0.337 e. The Labute approximate surface area is 128 Å². The summed E-state index contributed by atoms with van der Waals surface area (Å²) in [5.41, 5.74) is 1.10.